The molecule has 0 aliphatic carbocycles. The minimum Gasteiger partial charge on any atom is -0.444 e. The monoisotopic (exact) mass is 420 g/mol. The lowest BCUT2D eigenvalue weighted by molar-refractivity contribution is 0.303. The van der Waals surface area contributed by atoms with Gasteiger partial charge in [0.05, 0.1) is 16.4 Å². The molecule has 30 heavy (non-hydrogen) atoms. The zero-order valence-electron chi connectivity index (χ0n) is 14.9. The second-order valence-corrected chi connectivity index (χ2v) is 6.31. The molecule has 1 saturated heterocycles. The SMILES string of the molecule is Fc1cccc(F)c1B1OB(c2c(F)cccc2F)OB(c2c(F)cccc2F)O1. The second-order valence-electron chi connectivity index (χ2n) is 6.31. The molecule has 1 aliphatic rings. The first-order valence-corrected chi connectivity index (χ1v) is 8.65. The number of benzene rings is 3. The van der Waals surface area contributed by atoms with Gasteiger partial charge in [0.2, 0.25) is 0 Å². The summed E-state index contributed by atoms with van der Waals surface area (Å²) in [4.78, 5) is 0. The van der Waals surface area contributed by atoms with Crippen LogP contribution in [0.5, 0.6) is 0 Å². The average molecular weight is 420 g/mol. The highest BCUT2D eigenvalue weighted by Crippen LogP contribution is 2.16. The molecule has 0 radical (unpaired) electrons. The number of rotatable bonds is 3. The van der Waals surface area contributed by atoms with Crippen molar-refractivity contribution < 1.29 is 40.1 Å². The molecular weight excluding hydrogens is 411 g/mol. The van der Waals surface area contributed by atoms with Gasteiger partial charge in [-0.05, 0) is 36.4 Å². The molecule has 0 saturated carbocycles. The van der Waals surface area contributed by atoms with Crippen LogP contribution in [0.3, 0.4) is 0 Å². The molecule has 0 unspecified atom stereocenters. The molecule has 0 spiro atoms. The zero-order valence-corrected chi connectivity index (χ0v) is 14.9. The van der Waals surface area contributed by atoms with E-state index < -0.39 is 72.6 Å². The lowest BCUT2D eigenvalue weighted by atomic mass is 9.61. The van der Waals surface area contributed by atoms with E-state index >= 15 is 0 Å². The molecule has 0 amide bonds. The van der Waals surface area contributed by atoms with Gasteiger partial charge in [0, 0.05) is 0 Å². The van der Waals surface area contributed by atoms with Crippen molar-refractivity contribution >= 4 is 37.7 Å². The van der Waals surface area contributed by atoms with E-state index in [0.717, 1.165) is 54.6 Å². The van der Waals surface area contributed by atoms with E-state index in [1.54, 1.807) is 0 Å². The van der Waals surface area contributed by atoms with Crippen molar-refractivity contribution in [1.82, 2.24) is 0 Å². The summed E-state index contributed by atoms with van der Waals surface area (Å²) in [6.45, 7) is 0. The maximum Gasteiger partial charge on any atom is 0.473 e. The van der Waals surface area contributed by atoms with Crippen LogP contribution in [-0.2, 0) is 13.7 Å². The van der Waals surface area contributed by atoms with Crippen LogP contribution in [0.25, 0.3) is 0 Å². The van der Waals surface area contributed by atoms with Gasteiger partial charge < -0.3 is 13.7 Å². The summed E-state index contributed by atoms with van der Waals surface area (Å²) in [6.07, 6.45) is 0. The van der Waals surface area contributed by atoms with Crippen molar-refractivity contribution in [2.75, 3.05) is 0 Å². The lowest BCUT2D eigenvalue weighted by Crippen LogP contribution is -2.63. The molecule has 3 aromatic carbocycles. The Balaban J connectivity index is 1.83. The van der Waals surface area contributed by atoms with Crippen molar-refractivity contribution in [2.45, 2.75) is 0 Å². The highest BCUT2D eigenvalue weighted by atomic mass is 19.2. The zero-order chi connectivity index (χ0) is 21.4. The molecule has 12 heteroatoms. The summed E-state index contributed by atoms with van der Waals surface area (Å²) >= 11 is 0. The summed E-state index contributed by atoms with van der Waals surface area (Å²) in [7, 11) is -5.77. The minimum absolute atomic E-state index is 0.746. The van der Waals surface area contributed by atoms with Crippen LogP contribution >= 0.6 is 0 Å². The highest BCUT2D eigenvalue weighted by molar-refractivity contribution is 6.87. The van der Waals surface area contributed by atoms with Gasteiger partial charge in [-0.25, -0.2) is 26.3 Å². The second kappa shape index (κ2) is 8.21. The summed E-state index contributed by atoms with van der Waals surface area (Å²) < 4.78 is 101. The van der Waals surface area contributed by atoms with Crippen molar-refractivity contribution in [2.24, 2.45) is 0 Å². The van der Waals surface area contributed by atoms with Crippen LogP contribution in [0, 0.1) is 34.9 Å². The number of hydrogen-bond acceptors (Lipinski definition) is 3. The van der Waals surface area contributed by atoms with Crippen LogP contribution in [0.2, 0.25) is 0 Å². The third-order valence-corrected chi connectivity index (χ3v) is 4.45. The van der Waals surface area contributed by atoms with Crippen LogP contribution in [0.4, 0.5) is 26.3 Å². The molecule has 3 nitrogen and oxygen atoms in total. The highest BCUT2D eigenvalue weighted by Gasteiger charge is 2.48. The first kappa shape index (κ1) is 20.6. The van der Waals surface area contributed by atoms with Crippen LogP contribution in [0.1, 0.15) is 0 Å². The third-order valence-electron chi connectivity index (χ3n) is 4.45. The topological polar surface area (TPSA) is 27.7 Å². The Morgan fingerprint density at radius 2 is 0.600 bits per heavy atom. The van der Waals surface area contributed by atoms with E-state index in [9.17, 15) is 26.3 Å². The van der Waals surface area contributed by atoms with Crippen molar-refractivity contribution in [3.8, 4) is 0 Å². The first-order chi connectivity index (χ1) is 14.4. The van der Waals surface area contributed by atoms with Gasteiger partial charge in [0.15, 0.2) is 0 Å². The number of hydrogen-bond donors (Lipinski definition) is 0. The molecule has 1 aliphatic heterocycles. The maximum atomic E-state index is 14.3. The third kappa shape index (κ3) is 3.73. The Hall–Kier alpha value is -2.69. The van der Waals surface area contributed by atoms with Crippen molar-refractivity contribution in [3.63, 3.8) is 0 Å². The normalized spacial score (nSPS) is 14.4. The van der Waals surface area contributed by atoms with Gasteiger partial charge in [0.1, 0.15) is 34.9 Å². The summed E-state index contributed by atoms with van der Waals surface area (Å²) in [5, 5.41) is 0. The average Bonchev–Trinajstić information content (AvgIpc) is 2.67. The molecule has 1 fully saturated rings. The number of halogens is 6. The Bertz CT molecular complexity index is 899. The van der Waals surface area contributed by atoms with E-state index in [2.05, 4.69) is 0 Å². The van der Waals surface area contributed by atoms with Crippen molar-refractivity contribution in [3.05, 3.63) is 89.5 Å². The van der Waals surface area contributed by atoms with Gasteiger partial charge in [0.25, 0.3) is 0 Å². The predicted octanol–water partition coefficient (Wildman–Crippen LogP) is 2.07. The summed E-state index contributed by atoms with van der Waals surface area (Å²) in [6, 6.07) is 8.64. The minimum atomic E-state index is -1.92. The smallest absolute Gasteiger partial charge is 0.444 e. The van der Waals surface area contributed by atoms with Gasteiger partial charge >= 0.3 is 21.4 Å². The Kier molecular flexibility index (Phi) is 5.63. The Morgan fingerprint density at radius 3 is 0.800 bits per heavy atom. The molecule has 4 rings (SSSR count). The lowest BCUT2D eigenvalue weighted by Gasteiger charge is -2.32. The standard InChI is InChI=1S/C18H9B3F6O3/c22-10-4-1-5-11(23)16(10)19-28-20(17-12(24)6-2-7-13(17)25)30-21(29-19)18-14(26)8-3-9-15(18)27/h1-9H. The largest absolute Gasteiger partial charge is 0.473 e. The molecule has 0 N–H and O–H groups in total. The summed E-state index contributed by atoms with van der Waals surface area (Å²) in [5.41, 5.74) is -2.24. The molecule has 0 aromatic heterocycles. The van der Waals surface area contributed by atoms with Crippen LogP contribution in [-0.4, -0.2) is 21.4 Å². The first-order valence-electron chi connectivity index (χ1n) is 8.65. The molecule has 150 valence electrons. The fourth-order valence-corrected chi connectivity index (χ4v) is 3.05. The fourth-order valence-electron chi connectivity index (χ4n) is 3.05. The van der Waals surface area contributed by atoms with E-state index in [4.69, 9.17) is 13.7 Å². The predicted molar refractivity (Wildman–Crippen MR) is 98.5 cm³/mol. The molecule has 3 aromatic rings. The van der Waals surface area contributed by atoms with Gasteiger partial charge in [-0.2, -0.15) is 0 Å². The molecule has 0 atom stereocenters. The Morgan fingerprint density at radius 1 is 0.400 bits per heavy atom. The van der Waals surface area contributed by atoms with E-state index in [-0.39, 0.29) is 0 Å². The van der Waals surface area contributed by atoms with Gasteiger partial charge in [-0.3, -0.25) is 0 Å². The van der Waals surface area contributed by atoms with E-state index in [1.807, 2.05) is 0 Å². The van der Waals surface area contributed by atoms with Gasteiger partial charge in [-0.15, -0.1) is 0 Å². The molecular formula is C18H9B3F6O3. The van der Waals surface area contributed by atoms with E-state index in [1.165, 1.54) is 0 Å². The molecule has 1 heterocycles. The van der Waals surface area contributed by atoms with E-state index in [0.29, 0.717) is 0 Å². The summed E-state index contributed by atoms with van der Waals surface area (Å²) in [5.74, 6) is -6.57. The maximum absolute atomic E-state index is 14.3. The van der Waals surface area contributed by atoms with Crippen molar-refractivity contribution in [1.29, 1.82) is 0 Å². The fraction of sp³-hybridized carbons (Fsp3) is 0. The molecule has 0 bridgehead atoms. The van der Waals surface area contributed by atoms with Crippen LogP contribution < -0.4 is 16.4 Å². The Labute approximate surface area is 168 Å². The van der Waals surface area contributed by atoms with Gasteiger partial charge in [-0.1, -0.05) is 18.2 Å². The quantitative estimate of drug-likeness (QED) is 0.480. The van der Waals surface area contributed by atoms with Crippen LogP contribution in [0.15, 0.2) is 54.6 Å².